The van der Waals surface area contributed by atoms with Crippen molar-refractivity contribution < 1.29 is 19.7 Å². The summed E-state index contributed by atoms with van der Waals surface area (Å²) in [6.45, 7) is 0. The van der Waals surface area contributed by atoms with Crippen LogP contribution in [0.5, 0.6) is 11.5 Å². The van der Waals surface area contributed by atoms with E-state index in [4.69, 9.17) is 9.47 Å². The van der Waals surface area contributed by atoms with E-state index in [0.29, 0.717) is 17.7 Å². The lowest BCUT2D eigenvalue weighted by Crippen LogP contribution is -2.23. The number of ether oxygens (including phenoxy) is 2. The monoisotopic (exact) mass is 288 g/mol. The van der Waals surface area contributed by atoms with Crippen LogP contribution in [-0.2, 0) is 11.2 Å². The van der Waals surface area contributed by atoms with Gasteiger partial charge in [0.25, 0.3) is 0 Å². The third kappa shape index (κ3) is 3.74. The minimum absolute atomic E-state index is 0.136. The molecule has 0 amide bonds. The molecule has 112 valence electrons. The average molecular weight is 288 g/mol. The lowest BCUT2D eigenvalue weighted by Gasteiger charge is -2.22. The second-order valence-electron chi connectivity index (χ2n) is 4.83. The second kappa shape index (κ2) is 7.11. The second-order valence-corrected chi connectivity index (χ2v) is 4.83. The summed E-state index contributed by atoms with van der Waals surface area (Å²) in [5, 5.41) is 20.4. The predicted octanol–water partition coefficient (Wildman–Crippen LogP) is 2.69. The number of benzene rings is 2. The molecule has 2 rings (SSSR count). The fraction of sp³-hybridized carbons (Fsp3) is 0.294. The zero-order valence-corrected chi connectivity index (χ0v) is 12.2. The van der Waals surface area contributed by atoms with Crippen molar-refractivity contribution in [1.82, 2.24) is 0 Å². The summed E-state index contributed by atoms with van der Waals surface area (Å²) in [6, 6.07) is 14.4. The molecule has 0 radical (unpaired) electrons. The van der Waals surface area contributed by atoms with E-state index < -0.39 is 12.2 Å². The molecular weight excluding hydrogens is 268 g/mol. The first-order valence-electron chi connectivity index (χ1n) is 6.77. The van der Waals surface area contributed by atoms with E-state index in [1.54, 1.807) is 32.4 Å². The standard InChI is InChI=1S/C17H20O4/c1-20-14-9-8-13(15(18)11-14)10-16(21-2)17(19)12-6-4-3-5-7-12/h3-9,11,16-19H,10H2,1-2H3/t16-,17+/m1/s1. The quantitative estimate of drug-likeness (QED) is 0.858. The average Bonchev–Trinajstić information content (AvgIpc) is 2.54. The molecule has 4 heteroatoms. The molecule has 0 aliphatic heterocycles. The van der Waals surface area contributed by atoms with Crippen LogP contribution in [0.2, 0.25) is 0 Å². The Hall–Kier alpha value is -2.04. The van der Waals surface area contributed by atoms with Crippen molar-refractivity contribution in [3.05, 3.63) is 59.7 Å². The molecule has 2 aromatic carbocycles. The Bertz CT molecular complexity index is 568. The number of methoxy groups -OCH3 is 2. The van der Waals surface area contributed by atoms with Crippen molar-refractivity contribution in [1.29, 1.82) is 0 Å². The number of hydrogen-bond acceptors (Lipinski definition) is 4. The van der Waals surface area contributed by atoms with E-state index in [1.165, 1.54) is 0 Å². The molecule has 2 atom stereocenters. The maximum atomic E-state index is 10.4. The van der Waals surface area contributed by atoms with Gasteiger partial charge >= 0.3 is 0 Å². The van der Waals surface area contributed by atoms with Crippen LogP contribution in [0.4, 0.5) is 0 Å². The van der Waals surface area contributed by atoms with Crippen LogP contribution in [0.3, 0.4) is 0 Å². The summed E-state index contributed by atoms with van der Waals surface area (Å²) < 4.78 is 10.4. The summed E-state index contributed by atoms with van der Waals surface area (Å²) in [5.41, 5.74) is 1.50. The van der Waals surface area contributed by atoms with E-state index >= 15 is 0 Å². The summed E-state index contributed by atoms with van der Waals surface area (Å²) in [6.07, 6.45) is -0.785. The van der Waals surface area contributed by atoms with Crippen LogP contribution in [0.25, 0.3) is 0 Å². The SMILES string of the molecule is COc1ccc(C[C@@H](OC)[C@@H](O)c2ccccc2)c(O)c1. The normalized spacial score (nSPS) is 13.7. The third-order valence-electron chi connectivity index (χ3n) is 3.51. The molecule has 2 N–H and O–H groups in total. The van der Waals surface area contributed by atoms with Gasteiger partial charge in [0.15, 0.2) is 0 Å². The number of phenolic OH excluding ortho intramolecular Hbond substituents is 1. The van der Waals surface area contributed by atoms with Crippen LogP contribution >= 0.6 is 0 Å². The molecule has 2 aromatic rings. The van der Waals surface area contributed by atoms with Gasteiger partial charge in [0.2, 0.25) is 0 Å². The van der Waals surface area contributed by atoms with Gasteiger partial charge in [-0.2, -0.15) is 0 Å². The van der Waals surface area contributed by atoms with E-state index in [1.807, 2.05) is 30.3 Å². The van der Waals surface area contributed by atoms with Crippen molar-refractivity contribution in [3.63, 3.8) is 0 Å². The Kier molecular flexibility index (Phi) is 5.20. The molecule has 0 spiro atoms. The van der Waals surface area contributed by atoms with Crippen molar-refractivity contribution in [3.8, 4) is 11.5 Å². The van der Waals surface area contributed by atoms with Gasteiger partial charge < -0.3 is 19.7 Å². The van der Waals surface area contributed by atoms with Crippen molar-refractivity contribution >= 4 is 0 Å². The highest BCUT2D eigenvalue weighted by Crippen LogP contribution is 2.28. The Labute approximate surface area is 124 Å². The van der Waals surface area contributed by atoms with Crippen LogP contribution in [0, 0.1) is 0 Å². The van der Waals surface area contributed by atoms with Crippen molar-refractivity contribution in [2.75, 3.05) is 14.2 Å². The molecule has 0 fully saturated rings. The number of phenols is 1. The van der Waals surface area contributed by atoms with Gasteiger partial charge in [-0.05, 0) is 17.2 Å². The first-order valence-corrected chi connectivity index (χ1v) is 6.77. The summed E-state index contributed by atoms with van der Waals surface area (Å²) in [4.78, 5) is 0. The summed E-state index contributed by atoms with van der Waals surface area (Å²) in [7, 11) is 3.10. The van der Waals surface area contributed by atoms with Crippen molar-refractivity contribution in [2.24, 2.45) is 0 Å². The van der Waals surface area contributed by atoms with Crippen LogP contribution < -0.4 is 4.74 Å². The van der Waals surface area contributed by atoms with Gasteiger partial charge in [-0.1, -0.05) is 36.4 Å². The summed E-state index contributed by atoms with van der Waals surface area (Å²) >= 11 is 0. The summed E-state index contributed by atoms with van der Waals surface area (Å²) in [5.74, 6) is 0.727. The Morgan fingerprint density at radius 1 is 1.05 bits per heavy atom. The maximum Gasteiger partial charge on any atom is 0.122 e. The topological polar surface area (TPSA) is 58.9 Å². The Morgan fingerprint density at radius 3 is 2.33 bits per heavy atom. The minimum Gasteiger partial charge on any atom is -0.508 e. The fourth-order valence-corrected chi connectivity index (χ4v) is 2.25. The molecule has 0 heterocycles. The number of aromatic hydroxyl groups is 1. The largest absolute Gasteiger partial charge is 0.508 e. The molecule has 0 unspecified atom stereocenters. The molecule has 0 aliphatic carbocycles. The fourth-order valence-electron chi connectivity index (χ4n) is 2.25. The highest BCUT2D eigenvalue weighted by Gasteiger charge is 2.22. The van der Waals surface area contributed by atoms with Gasteiger partial charge in [0.1, 0.15) is 17.6 Å². The lowest BCUT2D eigenvalue weighted by atomic mass is 9.98. The molecule has 4 nitrogen and oxygen atoms in total. The van der Waals surface area contributed by atoms with E-state index in [2.05, 4.69) is 0 Å². The smallest absolute Gasteiger partial charge is 0.122 e. The number of aliphatic hydroxyl groups excluding tert-OH is 1. The van der Waals surface area contributed by atoms with Crippen molar-refractivity contribution in [2.45, 2.75) is 18.6 Å². The van der Waals surface area contributed by atoms with Gasteiger partial charge in [-0.25, -0.2) is 0 Å². The highest BCUT2D eigenvalue weighted by atomic mass is 16.5. The molecular formula is C17H20O4. The number of aliphatic hydroxyl groups is 1. The molecule has 21 heavy (non-hydrogen) atoms. The minimum atomic E-state index is -0.752. The predicted molar refractivity (Wildman–Crippen MR) is 80.6 cm³/mol. The number of rotatable bonds is 6. The van der Waals surface area contributed by atoms with Gasteiger partial charge in [-0.15, -0.1) is 0 Å². The zero-order valence-electron chi connectivity index (χ0n) is 12.2. The highest BCUT2D eigenvalue weighted by molar-refractivity contribution is 5.40. The third-order valence-corrected chi connectivity index (χ3v) is 3.51. The molecule has 0 saturated heterocycles. The van der Waals surface area contributed by atoms with Gasteiger partial charge in [0, 0.05) is 19.6 Å². The van der Waals surface area contributed by atoms with Crippen LogP contribution in [0.1, 0.15) is 17.2 Å². The molecule has 0 aliphatic rings. The first kappa shape index (κ1) is 15.4. The van der Waals surface area contributed by atoms with E-state index in [-0.39, 0.29) is 5.75 Å². The van der Waals surface area contributed by atoms with E-state index in [0.717, 1.165) is 5.56 Å². The van der Waals surface area contributed by atoms with Gasteiger partial charge in [-0.3, -0.25) is 0 Å². The Balaban J connectivity index is 2.15. The lowest BCUT2D eigenvalue weighted by molar-refractivity contribution is -0.0127. The molecule has 0 saturated carbocycles. The Morgan fingerprint density at radius 2 is 1.76 bits per heavy atom. The number of hydrogen-bond donors (Lipinski definition) is 2. The maximum absolute atomic E-state index is 10.4. The van der Waals surface area contributed by atoms with Crippen LogP contribution in [-0.4, -0.2) is 30.5 Å². The van der Waals surface area contributed by atoms with E-state index in [9.17, 15) is 10.2 Å². The zero-order chi connectivity index (χ0) is 15.2. The molecule has 0 bridgehead atoms. The van der Waals surface area contributed by atoms with Gasteiger partial charge in [0.05, 0.1) is 13.2 Å². The molecule has 0 aromatic heterocycles. The first-order chi connectivity index (χ1) is 10.2. The van der Waals surface area contributed by atoms with Crippen LogP contribution in [0.15, 0.2) is 48.5 Å².